The number of aromatic nitrogens is 2. The van der Waals surface area contributed by atoms with Crippen LogP contribution >= 0.6 is 0 Å². The van der Waals surface area contributed by atoms with Crippen LogP contribution in [0.1, 0.15) is 63.5 Å². The molecule has 1 aliphatic carbocycles. The van der Waals surface area contributed by atoms with Gasteiger partial charge in [0.25, 0.3) is 0 Å². The van der Waals surface area contributed by atoms with E-state index in [1.165, 1.54) is 24.0 Å². The van der Waals surface area contributed by atoms with Crippen molar-refractivity contribution in [3.05, 3.63) is 41.6 Å². The zero-order valence-corrected chi connectivity index (χ0v) is 14.4. The van der Waals surface area contributed by atoms with Crippen LogP contribution in [-0.2, 0) is 0 Å². The Balaban J connectivity index is 1.91. The molecule has 4 heteroatoms. The molecule has 4 nitrogen and oxygen atoms in total. The number of anilines is 3. The number of benzene rings is 1. The first-order valence-electron chi connectivity index (χ1n) is 8.54. The third-order valence-electron chi connectivity index (χ3n) is 4.19. The highest BCUT2D eigenvalue weighted by atomic mass is 15.2. The van der Waals surface area contributed by atoms with Crippen LogP contribution in [0.3, 0.4) is 0 Å². The van der Waals surface area contributed by atoms with Crippen molar-refractivity contribution in [2.24, 2.45) is 0 Å². The average Bonchev–Trinajstić information content (AvgIpc) is 3.31. The van der Waals surface area contributed by atoms with E-state index >= 15 is 0 Å². The maximum Gasteiger partial charge on any atom is 0.229 e. The lowest BCUT2D eigenvalue weighted by atomic mass is 9.93. The van der Waals surface area contributed by atoms with Crippen molar-refractivity contribution >= 4 is 17.5 Å². The lowest BCUT2D eigenvalue weighted by Crippen LogP contribution is -2.08. The van der Waals surface area contributed by atoms with Crippen LogP contribution in [0.2, 0.25) is 0 Å². The lowest BCUT2D eigenvalue weighted by molar-refractivity contribution is 0.837. The molecule has 1 aliphatic rings. The van der Waals surface area contributed by atoms with Gasteiger partial charge in [0.15, 0.2) is 0 Å². The first-order chi connectivity index (χ1) is 11.0. The molecular formula is C19H26N4. The van der Waals surface area contributed by atoms with E-state index in [0.717, 1.165) is 11.5 Å². The third kappa shape index (κ3) is 3.81. The number of rotatable bonds is 6. The van der Waals surface area contributed by atoms with Crippen molar-refractivity contribution < 1.29 is 0 Å². The fourth-order valence-corrected chi connectivity index (χ4v) is 2.74. The monoisotopic (exact) mass is 310 g/mol. The molecule has 1 aromatic heterocycles. The molecule has 0 radical (unpaired) electrons. The Bertz CT molecular complexity index is 649. The zero-order valence-electron chi connectivity index (χ0n) is 14.4. The molecule has 122 valence electrons. The topological polar surface area (TPSA) is 49.8 Å². The summed E-state index contributed by atoms with van der Waals surface area (Å²) in [6.45, 7) is 8.88. The van der Waals surface area contributed by atoms with Gasteiger partial charge in [0.05, 0.1) is 0 Å². The standard InChI is InChI=1S/C19H26N4/c1-12(2)15-6-5-7-16(13(3)4)18(15)23-19-20-11-10-17(22-19)21-14-8-9-14/h5-7,10-14H,8-9H2,1-4H3,(H2,20,21,22,23). The number of nitrogens with zero attached hydrogens (tertiary/aromatic N) is 2. The average molecular weight is 310 g/mol. The van der Waals surface area contributed by atoms with Crippen molar-refractivity contribution in [2.45, 2.75) is 58.4 Å². The second kappa shape index (κ2) is 6.57. The van der Waals surface area contributed by atoms with Crippen molar-refractivity contribution in [3.63, 3.8) is 0 Å². The fourth-order valence-electron chi connectivity index (χ4n) is 2.74. The molecule has 0 bridgehead atoms. The molecule has 3 rings (SSSR count). The maximum atomic E-state index is 4.62. The Labute approximate surface area is 138 Å². The third-order valence-corrected chi connectivity index (χ3v) is 4.19. The van der Waals surface area contributed by atoms with Crippen LogP contribution in [0.25, 0.3) is 0 Å². The SMILES string of the molecule is CC(C)c1cccc(C(C)C)c1Nc1nccc(NC2CC2)n1. The van der Waals surface area contributed by atoms with Crippen molar-refractivity contribution in [1.82, 2.24) is 9.97 Å². The van der Waals surface area contributed by atoms with Gasteiger partial charge in [-0.3, -0.25) is 0 Å². The summed E-state index contributed by atoms with van der Waals surface area (Å²) in [6.07, 6.45) is 4.29. The number of nitrogens with one attached hydrogen (secondary N) is 2. The van der Waals surface area contributed by atoms with Gasteiger partial charge in [0.2, 0.25) is 5.95 Å². The highest BCUT2D eigenvalue weighted by Crippen LogP contribution is 2.34. The summed E-state index contributed by atoms with van der Waals surface area (Å²) in [5.41, 5.74) is 3.77. The molecule has 2 N–H and O–H groups in total. The Kier molecular flexibility index (Phi) is 4.51. The first kappa shape index (κ1) is 15.8. The molecule has 1 saturated carbocycles. The number of hydrogen-bond acceptors (Lipinski definition) is 4. The summed E-state index contributed by atoms with van der Waals surface area (Å²) in [5.74, 6) is 2.46. The van der Waals surface area contributed by atoms with Gasteiger partial charge in [-0.05, 0) is 41.9 Å². The molecule has 1 aromatic carbocycles. The Morgan fingerprint density at radius 1 is 1.00 bits per heavy atom. The van der Waals surface area contributed by atoms with E-state index in [1.807, 2.05) is 12.3 Å². The minimum absolute atomic E-state index is 0.448. The normalized spacial score (nSPS) is 14.3. The predicted octanol–water partition coefficient (Wildman–Crippen LogP) is 5.04. The molecule has 0 saturated heterocycles. The van der Waals surface area contributed by atoms with Crippen LogP contribution in [0.15, 0.2) is 30.5 Å². The molecule has 1 heterocycles. The second-order valence-corrected chi connectivity index (χ2v) is 6.93. The molecule has 1 fully saturated rings. The molecule has 0 aliphatic heterocycles. The first-order valence-corrected chi connectivity index (χ1v) is 8.54. The van der Waals surface area contributed by atoms with E-state index in [1.54, 1.807) is 0 Å². The Morgan fingerprint density at radius 2 is 1.65 bits per heavy atom. The van der Waals surface area contributed by atoms with E-state index < -0.39 is 0 Å². The summed E-state index contributed by atoms with van der Waals surface area (Å²) in [5, 5.41) is 6.90. The van der Waals surface area contributed by atoms with E-state index in [0.29, 0.717) is 23.8 Å². The Morgan fingerprint density at radius 3 is 2.22 bits per heavy atom. The maximum absolute atomic E-state index is 4.62. The van der Waals surface area contributed by atoms with Gasteiger partial charge in [0.1, 0.15) is 5.82 Å². The zero-order chi connectivity index (χ0) is 16.4. The van der Waals surface area contributed by atoms with Crippen LogP contribution in [0.4, 0.5) is 17.5 Å². The molecule has 0 atom stereocenters. The number of para-hydroxylation sites is 1. The van der Waals surface area contributed by atoms with Gasteiger partial charge in [-0.1, -0.05) is 45.9 Å². The van der Waals surface area contributed by atoms with E-state index in [-0.39, 0.29) is 0 Å². The van der Waals surface area contributed by atoms with Crippen LogP contribution < -0.4 is 10.6 Å². The molecule has 0 amide bonds. The van der Waals surface area contributed by atoms with Gasteiger partial charge in [0, 0.05) is 17.9 Å². The van der Waals surface area contributed by atoms with E-state index in [9.17, 15) is 0 Å². The summed E-state index contributed by atoms with van der Waals surface area (Å²) in [7, 11) is 0. The predicted molar refractivity (Wildman–Crippen MR) is 96.6 cm³/mol. The molecule has 23 heavy (non-hydrogen) atoms. The smallest absolute Gasteiger partial charge is 0.229 e. The largest absolute Gasteiger partial charge is 0.367 e. The minimum Gasteiger partial charge on any atom is -0.367 e. The Hall–Kier alpha value is -2.10. The molecule has 0 unspecified atom stereocenters. The van der Waals surface area contributed by atoms with E-state index in [4.69, 9.17) is 0 Å². The van der Waals surface area contributed by atoms with Gasteiger partial charge >= 0.3 is 0 Å². The summed E-state index contributed by atoms with van der Waals surface area (Å²) in [6, 6.07) is 9.03. The molecule has 0 spiro atoms. The van der Waals surface area contributed by atoms with Crippen LogP contribution in [-0.4, -0.2) is 16.0 Å². The van der Waals surface area contributed by atoms with Crippen LogP contribution in [0, 0.1) is 0 Å². The molecule has 2 aromatic rings. The summed E-state index contributed by atoms with van der Waals surface area (Å²) < 4.78 is 0. The molecular weight excluding hydrogens is 284 g/mol. The van der Waals surface area contributed by atoms with Gasteiger partial charge in [-0.2, -0.15) is 4.98 Å². The lowest BCUT2D eigenvalue weighted by Gasteiger charge is -2.20. The van der Waals surface area contributed by atoms with Gasteiger partial charge < -0.3 is 10.6 Å². The van der Waals surface area contributed by atoms with E-state index in [2.05, 4.69) is 66.5 Å². The second-order valence-electron chi connectivity index (χ2n) is 6.93. The summed E-state index contributed by atoms with van der Waals surface area (Å²) in [4.78, 5) is 9.02. The number of hydrogen-bond donors (Lipinski definition) is 2. The summed E-state index contributed by atoms with van der Waals surface area (Å²) >= 11 is 0. The van der Waals surface area contributed by atoms with Crippen molar-refractivity contribution in [2.75, 3.05) is 10.6 Å². The minimum atomic E-state index is 0.448. The van der Waals surface area contributed by atoms with Gasteiger partial charge in [-0.25, -0.2) is 4.98 Å². The highest BCUT2D eigenvalue weighted by Gasteiger charge is 2.21. The van der Waals surface area contributed by atoms with Crippen molar-refractivity contribution in [3.8, 4) is 0 Å². The fraction of sp³-hybridized carbons (Fsp3) is 0.474. The highest BCUT2D eigenvalue weighted by molar-refractivity contribution is 5.65. The van der Waals surface area contributed by atoms with Crippen molar-refractivity contribution in [1.29, 1.82) is 0 Å². The quantitative estimate of drug-likeness (QED) is 0.784. The van der Waals surface area contributed by atoms with Crippen LogP contribution in [0.5, 0.6) is 0 Å². The van der Waals surface area contributed by atoms with Gasteiger partial charge in [-0.15, -0.1) is 0 Å².